The summed E-state index contributed by atoms with van der Waals surface area (Å²) in [6, 6.07) is 3.44. The first kappa shape index (κ1) is 12.6. The van der Waals surface area contributed by atoms with E-state index < -0.39 is 0 Å². The molecule has 5 heteroatoms. The number of hydrogen-bond acceptors (Lipinski definition) is 3. The van der Waals surface area contributed by atoms with Crippen molar-refractivity contribution in [1.29, 1.82) is 0 Å². The molecule has 3 nitrogen and oxygen atoms in total. The first-order valence-electron chi connectivity index (χ1n) is 5.87. The number of rotatable bonds is 2. The van der Waals surface area contributed by atoms with Gasteiger partial charge in [-0.3, -0.25) is 4.79 Å². The van der Waals surface area contributed by atoms with Crippen molar-refractivity contribution in [3.05, 3.63) is 21.3 Å². The molecule has 0 radical (unpaired) electrons. The largest absolute Gasteiger partial charge is 0.281 e. The van der Waals surface area contributed by atoms with E-state index in [9.17, 15) is 4.79 Å². The van der Waals surface area contributed by atoms with E-state index in [-0.39, 0.29) is 5.91 Å². The molecule has 17 heavy (non-hydrogen) atoms. The van der Waals surface area contributed by atoms with Gasteiger partial charge in [-0.15, -0.1) is 11.3 Å². The monoisotopic (exact) mass is 270 g/mol. The van der Waals surface area contributed by atoms with E-state index >= 15 is 0 Å². The van der Waals surface area contributed by atoms with Crippen LogP contribution < -0.4 is 5.43 Å². The molecule has 0 bridgehead atoms. The molecule has 1 heterocycles. The number of carbonyl (C=O) groups excluding carboxylic acids is 1. The zero-order valence-electron chi connectivity index (χ0n) is 9.54. The summed E-state index contributed by atoms with van der Waals surface area (Å²) in [6.45, 7) is 0. The van der Waals surface area contributed by atoms with Crippen LogP contribution in [-0.4, -0.2) is 11.6 Å². The lowest BCUT2D eigenvalue weighted by atomic mass is 10.2. The normalized spacial score (nSPS) is 16.4. The lowest BCUT2D eigenvalue weighted by molar-refractivity contribution is 0.0958. The van der Waals surface area contributed by atoms with Gasteiger partial charge >= 0.3 is 0 Å². The van der Waals surface area contributed by atoms with Crippen LogP contribution in [0.5, 0.6) is 0 Å². The molecule has 1 amide bonds. The Balaban J connectivity index is 1.92. The van der Waals surface area contributed by atoms with Crippen LogP contribution in [-0.2, 0) is 0 Å². The second kappa shape index (κ2) is 6.17. The van der Waals surface area contributed by atoms with E-state index in [1.54, 1.807) is 12.1 Å². The third-order valence-electron chi connectivity index (χ3n) is 2.79. The predicted molar refractivity (Wildman–Crippen MR) is 71.9 cm³/mol. The fourth-order valence-electron chi connectivity index (χ4n) is 1.87. The van der Waals surface area contributed by atoms with Gasteiger partial charge in [0.05, 0.1) is 9.21 Å². The molecule has 1 aromatic heterocycles. The zero-order valence-corrected chi connectivity index (χ0v) is 11.1. The molecule has 1 aromatic rings. The number of amides is 1. The molecule has 92 valence electrons. The minimum Gasteiger partial charge on any atom is -0.266 e. The molecule has 1 aliphatic carbocycles. The van der Waals surface area contributed by atoms with Crippen LogP contribution in [0.3, 0.4) is 0 Å². The van der Waals surface area contributed by atoms with Crippen LogP contribution in [0.25, 0.3) is 0 Å². The molecule has 0 saturated heterocycles. The molecular formula is C12H15ClN2OS. The Kier molecular flexibility index (Phi) is 4.57. The van der Waals surface area contributed by atoms with E-state index in [4.69, 9.17) is 11.6 Å². The quantitative estimate of drug-likeness (QED) is 0.644. The van der Waals surface area contributed by atoms with Crippen LogP contribution in [0.15, 0.2) is 17.2 Å². The van der Waals surface area contributed by atoms with Crippen molar-refractivity contribution < 1.29 is 4.79 Å². The van der Waals surface area contributed by atoms with E-state index in [1.807, 2.05) is 0 Å². The summed E-state index contributed by atoms with van der Waals surface area (Å²) in [6.07, 6.45) is 6.91. The van der Waals surface area contributed by atoms with Gasteiger partial charge in [-0.2, -0.15) is 5.10 Å². The number of nitrogens with zero attached hydrogens (tertiary/aromatic N) is 1. The summed E-state index contributed by atoms with van der Waals surface area (Å²) in [5.74, 6) is -0.168. The summed E-state index contributed by atoms with van der Waals surface area (Å²) >= 11 is 7.05. The molecule has 0 atom stereocenters. The minimum absolute atomic E-state index is 0.168. The number of carbonyl (C=O) groups is 1. The highest BCUT2D eigenvalue weighted by Gasteiger charge is 2.09. The fraction of sp³-hybridized carbons (Fsp3) is 0.500. The number of hydrogen-bond donors (Lipinski definition) is 1. The number of halogens is 1. The van der Waals surface area contributed by atoms with Crippen LogP contribution in [0.4, 0.5) is 0 Å². The Morgan fingerprint density at radius 3 is 2.53 bits per heavy atom. The van der Waals surface area contributed by atoms with Gasteiger partial charge in [-0.05, 0) is 37.8 Å². The number of thiophene rings is 1. The summed E-state index contributed by atoms with van der Waals surface area (Å²) in [7, 11) is 0. The van der Waals surface area contributed by atoms with Gasteiger partial charge in [0.2, 0.25) is 0 Å². The lowest BCUT2D eigenvalue weighted by Crippen LogP contribution is -2.18. The number of nitrogens with one attached hydrogen (secondary N) is 1. The molecular weight excluding hydrogens is 256 g/mol. The Hall–Kier alpha value is -0.870. The van der Waals surface area contributed by atoms with Crippen molar-refractivity contribution in [1.82, 2.24) is 5.43 Å². The van der Waals surface area contributed by atoms with Crippen LogP contribution >= 0.6 is 22.9 Å². The average Bonchev–Trinajstić information content (AvgIpc) is 2.61. The van der Waals surface area contributed by atoms with Gasteiger partial charge in [0, 0.05) is 5.71 Å². The standard InChI is InChI=1S/C12H15ClN2OS/c13-11-8-7-10(17-11)12(16)15-14-9-5-3-1-2-4-6-9/h7-8H,1-6H2,(H,15,16). The fourth-order valence-corrected chi connectivity index (χ4v) is 2.80. The molecule has 1 aliphatic rings. The summed E-state index contributed by atoms with van der Waals surface area (Å²) in [5, 5.41) is 4.21. The van der Waals surface area contributed by atoms with Gasteiger partial charge in [0.15, 0.2) is 0 Å². The first-order valence-corrected chi connectivity index (χ1v) is 7.06. The minimum atomic E-state index is -0.168. The third-order valence-corrected chi connectivity index (χ3v) is 4.02. The van der Waals surface area contributed by atoms with E-state index in [2.05, 4.69) is 10.5 Å². The molecule has 2 rings (SSSR count). The molecule has 0 unspecified atom stereocenters. The van der Waals surface area contributed by atoms with Crippen molar-refractivity contribution in [2.45, 2.75) is 38.5 Å². The second-order valence-corrected chi connectivity index (χ2v) is 5.85. The van der Waals surface area contributed by atoms with Gasteiger partial charge in [-0.25, -0.2) is 5.43 Å². The number of hydrazone groups is 1. The Morgan fingerprint density at radius 2 is 1.94 bits per heavy atom. The smallest absolute Gasteiger partial charge is 0.266 e. The van der Waals surface area contributed by atoms with E-state index in [0.717, 1.165) is 18.6 Å². The maximum absolute atomic E-state index is 11.7. The highest BCUT2D eigenvalue weighted by atomic mass is 35.5. The highest BCUT2D eigenvalue weighted by Crippen LogP contribution is 2.21. The average molecular weight is 271 g/mol. The van der Waals surface area contributed by atoms with Crippen LogP contribution in [0.1, 0.15) is 48.2 Å². The van der Waals surface area contributed by atoms with Crippen molar-refractivity contribution in [2.24, 2.45) is 5.10 Å². The van der Waals surface area contributed by atoms with Crippen molar-refractivity contribution >= 4 is 34.6 Å². The third kappa shape index (κ3) is 3.82. The predicted octanol–water partition coefficient (Wildman–Crippen LogP) is 3.84. The highest BCUT2D eigenvalue weighted by molar-refractivity contribution is 7.17. The lowest BCUT2D eigenvalue weighted by Gasteiger charge is -2.02. The van der Waals surface area contributed by atoms with Gasteiger partial charge in [0.25, 0.3) is 5.91 Å². The molecule has 0 aromatic carbocycles. The van der Waals surface area contributed by atoms with Crippen molar-refractivity contribution in [3.63, 3.8) is 0 Å². The second-order valence-electron chi connectivity index (χ2n) is 4.14. The molecule has 1 saturated carbocycles. The maximum atomic E-state index is 11.7. The zero-order chi connectivity index (χ0) is 12.1. The van der Waals surface area contributed by atoms with Crippen LogP contribution in [0.2, 0.25) is 4.34 Å². The molecule has 1 fully saturated rings. The first-order chi connectivity index (χ1) is 8.25. The molecule has 0 spiro atoms. The Labute approximate surface area is 110 Å². The Morgan fingerprint density at radius 1 is 1.24 bits per heavy atom. The van der Waals surface area contributed by atoms with E-state index in [0.29, 0.717) is 9.21 Å². The summed E-state index contributed by atoms with van der Waals surface area (Å²) in [4.78, 5) is 12.3. The summed E-state index contributed by atoms with van der Waals surface area (Å²) < 4.78 is 0.622. The maximum Gasteiger partial charge on any atom is 0.281 e. The summed E-state index contributed by atoms with van der Waals surface area (Å²) in [5.41, 5.74) is 3.72. The van der Waals surface area contributed by atoms with E-state index in [1.165, 1.54) is 37.0 Å². The van der Waals surface area contributed by atoms with Gasteiger partial charge in [0.1, 0.15) is 0 Å². The van der Waals surface area contributed by atoms with Crippen molar-refractivity contribution in [3.8, 4) is 0 Å². The molecule has 0 aliphatic heterocycles. The van der Waals surface area contributed by atoms with Crippen LogP contribution in [0, 0.1) is 0 Å². The van der Waals surface area contributed by atoms with Crippen molar-refractivity contribution in [2.75, 3.05) is 0 Å². The molecule has 1 N–H and O–H groups in total. The van der Waals surface area contributed by atoms with Gasteiger partial charge in [-0.1, -0.05) is 24.4 Å². The van der Waals surface area contributed by atoms with Gasteiger partial charge < -0.3 is 0 Å². The Bertz CT molecular complexity index is 418. The topological polar surface area (TPSA) is 41.5 Å². The SMILES string of the molecule is O=C(NN=C1CCCCCC1)c1ccc(Cl)s1.